The van der Waals surface area contributed by atoms with Gasteiger partial charge in [-0.2, -0.15) is 0 Å². The molecular formula is C18H22N6OS. The number of pyridine rings is 1. The van der Waals surface area contributed by atoms with Gasteiger partial charge in [-0.15, -0.1) is 0 Å². The van der Waals surface area contributed by atoms with Crippen LogP contribution in [0.25, 0.3) is 0 Å². The number of hydrogen-bond acceptors (Lipinski definition) is 7. The van der Waals surface area contributed by atoms with Crippen LogP contribution in [-0.2, 0) is 6.54 Å². The second-order valence-corrected chi connectivity index (χ2v) is 7.37. The summed E-state index contributed by atoms with van der Waals surface area (Å²) in [5.41, 5.74) is 13.4. The van der Waals surface area contributed by atoms with E-state index in [1.165, 1.54) is 6.20 Å². The van der Waals surface area contributed by atoms with E-state index < -0.39 is 0 Å². The number of nitrogens with one attached hydrogen (secondary N) is 2. The smallest absolute Gasteiger partial charge is 0.253 e. The molecule has 0 aliphatic carbocycles. The minimum absolute atomic E-state index is 0.239. The van der Waals surface area contributed by atoms with Crippen LogP contribution in [0.4, 0.5) is 5.82 Å². The number of nitrogens with two attached hydrogens (primary N) is 2. The Kier molecular flexibility index (Phi) is 5.87. The molecule has 0 bridgehead atoms. The van der Waals surface area contributed by atoms with Crippen molar-refractivity contribution in [3.8, 4) is 0 Å². The quantitative estimate of drug-likeness (QED) is 0.453. The largest absolute Gasteiger partial charge is 0.383 e. The lowest BCUT2D eigenvalue weighted by molar-refractivity contribution is 0.0950. The summed E-state index contributed by atoms with van der Waals surface area (Å²) in [6.07, 6.45) is 3.54. The van der Waals surface area contributed by atoms with Crippen LogP contribution >= 0.6 is 11.9 Å². The minimum Gasteiger partial charge on any atom is -0.383 e. The van der Waals surface area contributed by atoms with Crippen molar-refractivity contribution < 1.29 is 4.79 Å². The zero-order valence-corrected chi connectivity index (χ0v) is 15.1. The molecule has 0 radical (unpaired) electrons. The summed E-state index contributed by atoms with van der Waals surface area (Å²) in [4.78, 5) is 17.3. The number of carbonyl (C=O) groups is 1. The van der Waals surface area contributed by atoms with Gasteiger partial charge in [-0.25, -0.2) is 9.29 Å². The summed E-state index contributed by atoms with van der Waals surface area (Å²) >= 11 is 1.71. The lowest BCUT2D eigenvalue weighted by atomic mass is 10.1. The highest BCUT2D eigenvalue weighted by Crippen LogP contribution is 2.26. The third kappa shape index (κ3) is 4.60. The first-order chi connectivity index (χ1) is 12.5. The first-order valence-electron chi connectivity index (χ1n) is 8.37. The van der Waals surface area contributed by atoms with E-state index in [1.807, 2.05) is 24.3 Å². The standard InChI is InChI=1S/C18H22N6OS/c19-8-13-7-14(10-22-17(13)21)18(25)23-9-12-1-3-16(4-2-12)26-24-6-5-15(20)11-24/h1-4,7-8,10,15,19H,5-6,9,11,20H2,(H2,21,22)(H,23,25). The Morgan fingerprint density at radius 2 is 2.19 bits per heavy atom. The number of nitrogens with zero attached hydrogens (tertiary/aromatic N) is 2. The molecule has 1 aromatic heterocycles. The molecule has 0 saturated carbocycles. The van der Waals surface area contributed by atoms with E-state index in [0.717, 1.165) is 36.2 Å². The van der Waals surface area contributed by atoms with Crippen molar-refractivity contribution >= 4 is 29.9 Å². The zero-order chi connectivity index (χ0) is 18.5. The van der Waals surface area contributed by atoms with Gasteiger partial charge in [0.15, 0.2) is 0 Å². The van der Waals surface area contributed by atoms with Crippen LogP contribution in [0.3, 0.4) is 0 Å². The van der Waals surface area contributed by atoms with E-state index in [-0.39, 0.29) is 17.8 Å². The first kappa shape index (κ1) is 18.4. The highest BCUT2D eigenvalue weighted by molar-refractivity contribution is 7.97. The van der Waals surface area contributed by atoms with Crippen LogP contribution in [0.2, 0.25) is 0 Å². The predicted octanol–water partition coefficient (Wildman–Crippen LogP) is 1.63. The maximum absolute atomic E-state index is 12.2. The summed E-state index contributed by atoms with van der Waals surface area (Å²) in [6, 6.07) is 9.94. The number of nitrogen functional groups attached to an aromatic ring is 1. The molecule has 2 aromatic rings. The topological polar surface area (TPSA) is 121 Å². The number of carbonyl (C=O) groups excluding carboxylic acids is 1. The maximum atomic E-state index is 12.2. The fourth-order valence-electron chi connectivity index (χ4n) is 2.67. The summed E-state index contributed by atoms with van der Waals surface area (Å²) in [7, 11) is 0. The SMILES string of the molecule is N=Cc1cc(C(=O)NCc2ccc(SN3CCC(N)C3)cc2)cnc1N. The maximum Gasteiger partial charge on any atom is 0.253 e. The Bertz CT molecular complexity index is 795. The fraction of sp³-hybridized carbons (Fsp3) is 0.278. The number of benzene rings is 1. The van der Waals surface area contributed by atoms with Crippen LogP contribution in [-0.4, -0.2) is 40.5 Å². The van der Waals surface area contributed by atoms with Gasteiger partial charge in [0.2, 0.25) is 0 Å². The molecule has 1 aromatic carbocycles. The van der Waals surface area contributed by atoms with Gasteiger partial charge < -0.3 is 22.2 Å². The van der Waals surface area contributed by atoms with E-state index in [2.05, 4.69) is 14.6 Å². The highest BCUT2D eigenvalue weighted by atomic mass is 32.2. The van der Waals surface area contributed by atoms with Gasteiger partial charge in [0.1, 0.15) is 5.82 Å². The number of rotatable bonds is 6. The van der Waals surface area contributed by atoms with Gasteiger partial charge in [0.05, 0.1) is 5.56 Å². The predicted molar refractivity (Wildman–Crippen MR) is 104 cm³/mol. The van der Waals surface area contributed by atoms with E-state index in [4.69, 9.17) is 16.9 Å². The van der Waals surface area contributed by atoms with Crippen molar-refractivity contribution in [2.24, 2.45) is 5.73 Å². The molecule has 1 atom stereocenters. The Labute approximate surface area is 156 Å². The summed E-state index contributed by atoms with van der Waals surface area (Å²) in [5, 5.41) is 10.1. The molecule has 26 heavy (non-hydrogen) atoms. The van der Waals surface area contributed by atoms with E-state index >= 15 is 0 Å². The van der Waals surface area contributed by atoms with Crippen molar-refractivity contribution in [1.82, 2.24) is 14.6 Å². The Hall–Kier alpha value is -2.42. The third-order valence-electron chi connectivity index (χ3n) is 4.17. The molecule has 6 N–H and O–H groups in total. The number of aromatic nitrogens is 1. The molecule has 3 rings (SSSR count). The van der Waals surface area contributed by atoms with E-state index in [9.17, 15) is 4.79 Å². The molecule has 1 amide bonds. The molecule has 1 aliphatic rings. The minimum atomic E-state index is -0.245. The average Bonchev–Trinajstić information content (AvgIpc) is 3.06. The van der Waals surface area contributed by atoms with E-state index in [1.54, 1.807) is 18.0 Å². The van der Waals surface area contributed by atoms with Crippen molar-refractivity contribution in [2.75, 3.05) is 18.8 Å². The number of amides is 1. The molecule has 1 saturated heterocycles. The van der Waals surface area contributed by atoms with E-state index in [0.29, 0.717) is 17.7 Å². The third-order valence-corrected chi connectivity index (χ3v) is 5.24. The van der Waals surface area contributed by atoms with Gasteiger partial charge in [0.25, 0.3) is 5.91 Å². The molecule has 1 fully saturated rings. The summed E-state index contributed by atoms with van der Waals surface area (Å²) in [6.45, 7) is 2.34. The van der Waals surface area contributed by atoms with Gasteiger partial charge >= 0.3 is 0 Å². The van der Waals surface area contributed by atoms with Crippen molar-refractivity contribution in [3.63, 3.8) is 0 Å². The zero-order valence-electron chi connectivity index (χ0n) is 14.3. The number of anilines is 1. The van der Waals surface area contributed by atoms with Crippen LogP contribution in [0.15, 0.2) is 41.4 Å². The van der Waals surface area contributed by atoms with Gasteiger partial charge in [-0.1, -0.05) is 12.1 Å². The monoisotopic (exact) mass is 370 g/mol. The van der Waals surface area contributed by atoms with Crippen molar-refractivity contribution in [2.45, 2.75) is 23.9 Å². The van der Waals surface area contributed by atoms with Crippen molar-refractivity contribution in [1.29, 1.82) is 5.41 Å². The molecule has 8 heteroatoms. The molecule has 136 valence electrons. The molecule has 7 nitrogen and oxygen atoms in total. The van der Waals surface area contributed by atoms with Gasteiger partial charge in [0, 0.05) is 48.5 Å². The molecule has 1 unspecified atom stereocenters. The second-order valence-electron chi connectivity index (χ2n) is 6.20. The molecule has 2 heterocycles. The Balaban J connectivity index is 1.54. The van der Waals surface area contributed by atoms with Crippen LogP contribution in [0, 0.1) is 5.41 Å². The normalized spacial score (nSPS) is 17.2. The lowest BCUT2D eigenvalue weighted by Crippen LogP contribution is -2.23. The highest BCUT2D eigenvalue weighted by Gasteiger charge is 2.19. The first-order valence-corrected chi connectivity index (χ1v) is 9.14. The van der Waals surface area contributed by atoms with Crippen molar-refractivity contribution in [3.05, 3.63) is 53.2 Å². The Morgan fingerprint density at radius 3 is 2.85 bits per heavy atom. The molecule has 1 aliphatic heterocycles. The molecular weight excluding hydrogens is 348 g/mol. The second kappa shape index (κ2) is 8.31. The van der Waals surface area contributed by atoms with Crippen LogP contribution in [0.5, 0.6) is 0 Å². The fourth-order valence-corrected chi connectivity index (χ4v) is 3.69. The summed E-state index contributed by atoms with van der Waals surface area (Å²) < 4.78 is 2.27. The van der Waals surface area contributed by atoms with Gasteiger partial charge in [-0.3, -0.25) is 4.79 Å². The lowest BCUT2D eigenvalue weighted by Gasteiger charge is -2.14. The summed E-state index contributed by atoms with van der Waals surface area (Å²) in [5.74, 6) is -0.00583. The van der Waals surface area contributed by atoms with Crippen LogP contribution < -0.4 is 16.8 Å². The average molecular weight is 370 g/mol. The Morgan fingerprint density at radius 1 is 1.42 bits per heavy atom. The number of hydrogen-bond donors (Lipinski definition) is 4. The van der Waals surface area contributed by atoms with Gasteiger partial charge in [-0.05, 0) is 42.1 Å². The molecule has 0 spiro atoms. The van der Waals surface area contributed by atoms with Crippen LogP contribution in [0.1, 0.15) is 27.9 Å².